The molecule has 142 valence electrons. The highest BCUT2D eigenvalue weighted by Gasteiger charge is 2.40. The third-order valence-electron chi connectivity index (χ3n) is 4.17. The lowest BCUT2D eigenvalue weighted by molar-refractivity contribution is -0.142. The number of carbonyl (C=O) groups excluding carboxylic acids is 2. The zero-order valence-corrected chi connectivity index (χ0v) is 15.7. The number of hydrogen-bond donors (Lipinski definition) is 2. The van der Waals surface area contributed by atoms with E-state index in [9.17, 15) is 27.9 Å². The molecule has 0 spiro atoms. The third-order valence-corrected chi connectivity index (χ3v) is 6.07. The van der Waals surface area contributed by atoms with Gasteiger partial charge in [0.05, 0.1) is 11.5 Å². The summed E-state index contributed by atoms with van der Waals surface area (Å²) in [7, 11) is -3.95. The van der Waals surface area contributed by atoms with Crippen molar-refractivity contribution < 1.29 is 27.9 Å². The van der Waals surface area contributed by atoms with Gasteiger partial charge in [-0.15, -0.1) is 0 Å². The predicted molar refractivity (Wildman–Crippen MR) is 93.3 cm³/mol. The molecule has 0 saturated carbocycles. The van der Waals surface area contributed by atoms with Crippen LogP contribution in [-0.4, -0.2) is 48.7 Å². The van der Waals surface area contributed by atoms with Crippen LogP contribution in [0.3, 0.4) is 0 Å². The third kappa shape index (κ3) is 3.72. The first-order valence-corrected chi connectivity index (χ1v) is 9.75. The van der Waals surface area contributed by atoms with Crippen LogP contribution < -0.4 is 5.32 Å². The molecule has 1 aliphatic heterocycles. The smallest absolute Gasteiger partial charge is 0.308 e. The minimum absolute atomic E-state index is 0.00682. The second-order valence-electron chi connectivity index (χ2n) is 6.56. The van der Waals surface area contributed by atoms with Gasteiger partial charge in [-0.2, -0.15) is 0 Å². The molecule has 26 heavy (non-hydrogen) atoms. The second kappa shape index (κ2) is 7.45. The zero-order valence-electron chi connectivity index (χ0n) is 14.9. The molecule has 1 aromatic rings. The van der Waals surface area contributed by atoms with Gasteiger partial charge in [-0.1, -0.05) is 13.8 Å². The molecule has 1 atom stereocenters. The van der Waals surface area contributed by atoms with Crippen molar-refractivity contribution in [2.75, 3.05) is 13.1 Å². The monoisotopic (exact) mass is 382 g/mol. The lowest BCUT2D eigenvalue weighted by Crippen LogP contribution is -2.33. The van der Waals surface area contributed by atoms with Crippen molar-refractivity contribution in [3.8, 4) is 0 Å². The molecule has 8 nitrogen and oxygen atoms in total. The largest absolute Gasteiger partial charge is 0.481 e. The van der Waals surface area contributed by atoms with Crippen molar-refractivity contribution >= 4 is 27.8 Å². The molecule has 0 radical (unpaired) electrons. The number of nitrogens with one attached hydrogen (secondary N) is 1. The van der Waals surface area contributed by atoms with Gasteiger partial charge in [-0.25, -0.2) is 12.7 Å². The quantitative estimate of drug-likeness (QED) is 0.734. The maximum atomic E-state index is 12.4. The Bertz CT molecular complexity index is 847. The van der Waals surface area contributed by atoms with E-state index in [1.807, 2.05) is 13.8 Å². The highest BCUT2D eigenvalue weighted by Crippen LogP contribution is 2.30. The molecule has 0 bridgehead atoms. The Kier molecular flexibility index (Phi) is 5.70. The van der Waals surface area contributed by atoms with Gasteiger partial charge in [0.25, 0.3) is 21.8 Å². The minimum Gasteiger partial charge on any atom is -0.481 e. The van der Waals surface area contributed by atoms with Gasteiger partial charge in [0.15, 0.2) is 0 Å². The topological polar surface area (TPSA) is 121 Å². The average molecular weight is 382 g/mol. The number of carbonyl (C=O) groups is 3. The standard InChI is InChI=1S/C17H22N2O6S/c1-4-19-16(21)13-6-5-11(8-14(13)26(19,24)25)15(20)18-9-12(17(22)23)7-10(2)3/h5-6,8,10,12H,4,7,9H2,1-3H3,(H,18,20)(H,22,23). The number of benzene rings is 1. The molecule has 2 rings (SSSR count). The van der Waals surface area contributed by atoms with Crippen LogP contribution in [0.4, 0.5) is 0 Å². The molecule has 1 unspecified atom stereocenters. The van der Waals surface area contributed by atoms with Gasteiger partial charge in [0.2, 0.25) is 0 Å². The van der Waals surface area contributed by atoms with E-state index in [0.717, 1.165) is 10.4 Å². The fourth-order valence-electron chi connectivity index (χ4n) is 2.89. The Hall–Kier alpha value is -2.42. The summed E-state index contributed by atoms with van der Waals surface area (Å²) in [6.07, 6.45) is 0.411. The molecule has 2 N–H and O–H groups in total. The molecule has 1 heterocycles. The molecular formula is C17H22N2O6S. The van der Waals surface area contributed by atoms with Crippen LogP contribution in [0.15, 0.2) is 23.1 Å². The molecule has 0 aliphatic carbocycles. The predicted octanol–water partition coefficient (Wildman–Crippen LogP) is 1.33. The van der Waals surface area contributed by atoms with Gasteiger partial charge >= 0.3 is 5.97 Å². The number of nitrogens with zero attached hydrogens (tertiary/aromatic N) is 1. The molecule has 0 saturated heterocycles. The van der Waals surface area contributed by atoms with E-state index < -0.39 is 33.7 Å². The molecule has 0 aromatic heterocycles. The molecule has 1 aliphatic rings. The van der Waals surface area contributed by atoms with Gasteiger partial charge < -0.3 is 10.4 Å². The summed E-state index contributed by atoms with van der Waals surface area (Å²) in [4.78, 5) is 35.5. The van der Waals surface area contributed by atoms with Crippen LogP contribution in [0.25, 0.3) is 0 Å². The van der Waals surface area contributed by atoms with E-state index in [-0.39, 0.29) is 35.0 Å². The number of carboxylic acids is 1. The van der Waals surface area contributed by atoms with Crippen LogP contribution in [0.5, 0.6) is 0 Å². The number of amides is 2. The number of hydrogen-bond acceptors (Lipinski definition) is 5. The summed E-state index contributed by atoms with van der Waals surface area (Å²) in [6, 6.07) is 3.83. The molecular weight excluding hydrogens is 360 g/mol. The lowest BCUT2D eigenvalue weighted by Gasteiger charge is -2.15. The Morgan fingerprint density at radius 2 is 1.92 bits per heavy atom. The van der Waals surface area contributed by atoms with Gasteiger partial charge in [-0.05, 0) is 37.5 Å². The maximum absolute atomic E-state index is 12.4. The average Bonchev–Trinajstić information content (AvgIpc) is 2.76. The highest BCUT2D eigenvalue weighted by atomic mass is 32.2. The summed E-state index contributed by atoms with van der Waals surface area (Å²) in [5.74, 6) is -2.77. The Morgan fingerprint density at radius 1 is 1.27 bits per heavy atom. The van der Waals surface area contributed by atoms with Crippen LogP contribution in [0, 0.1) is 11.8 Å². The lowest BCUT2D eigenvalue weighted by atomic mass is 9.97. The number of aliphatic carboxylic acids is 1. The van der Waals surface area contributed by atoms with Crippen LogP contribution >= 0.6 is 0 Å². The van der Waals surface area contributed by atoms with E-state index in [1.54, 1.807) is 6.92 Å². The number of rotatable bonds is 7. The summed E-state index contributed by atoms with van der Waals surface area (Å²) in [5, 5.41) is 11.7. The summed E-state index contributed by atoms with van der Waals surface area (Å²) in [6.45, 7) is 5.28. The van der Waals surface area contributed by atoms with E-state index in [0.29, 0.717) is 6.42 Å². The molecule has 1 aromatic carbocycles. The van der Waals surface area contributed by atoms with Crippen molar-refractivity contribution in [2.24, 2.45) is 11.8 Å². The van der Waals surface area contributed by atoms with Crippen molar-refractivity contribution in [2.45, 2.75) is 32.1 Å². The fourth-order valence-corrected chi connectivity index (χ4v) is 4.49. The first-order valence-electron chi connectivity index (χ1n) is 8.31. The van der Waals surface area contributed by atoms with Gasteiger partial charge in [-0.3, -0.25) is 14.4 Å². The first-order chi connectivity index (χ1) is 12.1. The number of carboxylic acid groups (broad SMARTS) is 1. The minimum atomic E-state index is -3.95. The first kappa shape index (κ1) is 19.9. The zero-order chi connectivity index (χ0) is 19.6. The van der Waals surface area contributed by atoms with Crippen LogP contribution in [-0.2, 0) is 14.8 Å². The van der Waals surface area contributed by atoms with Crippen molar-refractivity contribution in [1.82, 2.24) is 9.62 Å². The van der Waals surface area contributed by atoms with Crippen molar-refractivity contribution in [3.63, 3.8) is 0 Å². The normalized spacial score (nSPS) is 16.5. The Balaban J connectivity index is 2.20. The van der Waals surface area contributed by atoms with E-state index in [1.165, 1.54) is 12.1 Å². The van der Waals surface area contributed by atoms with E-state index in [2.05, 4.69) is 5.32 Å². The summed E-state index contributed by atoms with van der Waals surface area (Å²) >= 11 is 0. The molecule has 0 fully saturated rings. The van der Waals surface area contributed by atoms with Crippen molar-refractivity contribution in [3.05, 3.63) is 29.3 Å². The van der Waals surface area contributed by atoms with Crippen molar-refractivity contribution in [1.29, 1.82) is 0 Å². The SMILES string of the molecule is CCN1C(=O)c2ccc(C(=O)NCC(CC(C)C)C(=O)O)cc2S1(=O)=O. The van der Waals surface area contributed by atoms with Crippen LogP contribution in [0.2, 0.25) is 0 Å². The molecule has 9 heteroatoms. The van der Waals surface area contributed by atoms with E-state index >= 15 is 0 Å². The van der Waals surface area contributed by atoms with E-state index in [4.69, 9.17) is 0 Å². The Labute approximate surface area is 152 Å². The molecule has 2 amide bonds. The Morgan fingerprint density at radius 3 is 2.46 bits per heavy atom. The van der Waals surface area contributed by atoms with Gasteiger partial charge in [0, 0.05) is 18.7 Å². The van der Waals surface area contributed by atoms with Crippen LogP contribution in [0.1, 0.15) is 47.9 Å². The highest BCUT2D eigenvalue weighted by molar-refractivity contribution is 7.90. The number of sulfonamides is 1. The fraction of sp³-hybridized carbons (Fsp3) is 0.471. The maximum Gasteiger partial charge on any atom is 0.308 e. The summed E-state index contributed by atoms with van der Waals surface area (Å²) in [5.41, 5.74) is 0.0957. The summed E-state index contributed by atoms with van der Waals surface area (Å²) < 4.78 is 25.5. The van der Waals surface area contributed by atoms with Gasteiger partial charge in [0.1, 0.15) is 4.90 Å². The number of fused-ring (bicyclic) bond motifs is 1. The second-order valence-corrected chi connectivity index (χ2v) is 8.39.